The second kappa shape index (κ2) is 5.54. The summed E-state index contributed by atoms with van der Waals surface area (Å²) in [5, 5.41) is 3.39. The summed E-state index contributed by atoms with van der Waals surface area (Å²) < 4.78 is 5.60. The third kappa shape index (κ3) is 2.45. The molecule has 1 N–H and O–H groups in total. The Morgan fingerprint density at radius 1 is 1.30 bits per heavy atom. The molecular formula is C16H22N2O2. The van der Waals surface area contributed by atoms with E-state index in [0.29, 0.717) is 5.92 Å². The molecule has 108 valence electrons. The van der Waals surface area contributed by atoms with Crippen molar-refractivity contribution in [1.82, 2.24) is 10.2 Å². The van der Waals surface area contributed by atoms with Crippen molar-refractivity contribution in [3.63, 3.8) is 0 Å². The highest BCUT2D eigenvalue weighted by molar-refractivity contribution is 5.85. The Kier molecular flexibility index (Phi) is 3.76. The minimum Gasteiger partial charge on any atom is -0.378 e. The summed E-state index contributed by atoms with van der Waals surface area (Å²) in [4.78, 5) is 14.6. The van der Waals surface area contributed by atoms with Gasteiger partial charge in [0.25, 0.3) is 0 Å². The summed E-state index contributed by atoms with van der Waals surface area (Å²) in [5.41, 5.74) is 1.04. The van der Waals surface area contributed by atoms with Gasteiger partial charge in [0.05, 0.1) is 12.3 Å². The Labute approximate surface area is 120 Å². The lowest BCUT2D eigenvalue weighted by atomic mass is 10.0. The van der Waals surface area contributed by atoms with Gasteiger partial charge in [0.2, 0.25) is 5.91 Å². The predicted octanol–water partition coefficient (Wildman–Crippen LogP) is 1.93. The molecular weight excluding hydrogens is 252 g/mol. The van der Waals surface area contributed by atoms with Crippen molar-refractivity contribution in [2.75, 3.05) is 13.2 Å². The second-order valence-electron chi connectivity index (χ2n) is 5.80. The lowest BCUT2D eigenvalue weighted by Crippen LogP contribution is -2.39. The van der Waals surface area contributed by atoms with Crippen molar-refractivity contribution >= 4 is 5.91 Å². The summed E-state index contributed by atoms with van der Waals surface area (Å²) in [5.74, 6) is 0.639. The van der Waals surface area contributed by atoms with Gasteiger partial charge in [-0.1, -0.05) is 30.3 Å². The van der Waals surface area contributed by atoms with Gasteiger partial charge < -0.3 is 9.64 Å². The molecule has 0 radical (unpaired) electrons. The maximum absolute atomic E-state index is 12.6. The highest BCUT2D eigenvalue weighted by Gasteiger charge is 2.39. The molecule has 2 saturated heterocycles. The summed E-state index contributed by atoms with van der Waals surface area (Å²) in [7, 11) is 0. The van der Waals surface area contributed by atoms with Crippen LogP contribution in [0.1, 0.15) is 31.9 Å². The van der Waals surface area contributed by atoms with Crippen molar-refractivity contribution in [2.24, 2.45) is 5.92 Å². The molecule has 1 amide bonds. The van der Waals surface area contributed by atoms with Crippen molar-refractivity contribution < 1.29 is 9.53 Å². The number of rotatable bonds is 3. The second-order valence-corrected chi connectivity index (χ2v) is 5.80. The Morgan fingerprint density at radius 3 is 2.70 bits per heavy atom. The van der Waals surface area contributed by atoms with Crippen LogP contribution in [-0.4, -0.2) is 36.2 Å². The van der Waals surface area contributed by atoms with Gasteiger partial charge in [0, 0.05) is 19.1 Å². The number of nitrogens with one attached hydrogen (secondary N) is 1. The van der Waals surface area contributed by atoms with Gasteiger partial charge in [-0.25, -0.2) is 0 Å². The molecule has 4 unspecified atom stereocenters. The maximum Gasteiger partial charge on any atom is 0.245 e. The van der Waals surface area contributed by atoms with Crippen LogP contribution in [0.25, 0.3) is 0 Å². The fraction of sp³-hybridized carbons (Fsp3) is 0.562. The number of ether oxygens (including phenoxy) is 1. The molecule has 0 spiro atoms. The minimum absolute atomic E-state index is 0.0838. The van der Waals surface area contributed by atoms with E-state index in [4.69, 9.17) is 4.74 Å². The SMILES string of the molecule is CC1OCCC1CN1C(=O)C(c2ccccc2)NC1C. The van der Waals surface area contributed by atoms with Crippen molar-refractivity contribution in [3.8, 4) is 0 Å². The Bertz CT molecular complexity index is 477. The Morgan fingerprint density at radius 2 is 2.05 bits per heavy atom. The molecule has 2 fully saturated rings. The van der Waals surface area contributed by atoms with Crippen molar-refractivity contribution in [2.45, 2.75) is 38.6 Å². The molecule has 0 bridgehead atoms. The highest BCUT2D eigenvalue weighted by Crippen LogP contribution is 2.28. The van der Waals surface area contributed by atoms with Crippen molar-refractivity contribution in [3.05, 3.63) is 35.9 Å². The minimum atomic E-state index is -0.205. The summed E-state index contributed by atoms with van der Waals surface area (Å²) in [6.45, 7) is 5.77. The largest absolute Gasteiger partial charge is 0.378 e. The molecule has 20 heavy (non-hydrogen) atoms. The molecule has 4 atom stereocenters. The average Bonchev–Trinajstić information content (AvgIpc) is 2.98. The molecule has 2 aliphatic rings. The zero-order chi connectivity index (χ0) is 14.1. The van der Waals surface area contributed by atoms with E-state index in [9.17, 15) is 4.79 Å². The zero-order valence-corrected chi connectivity index (χ0v) is 12.1. The normalized spacial score (nSPS) is 33.9. The zero-order valence-electron chi connectivity index (χ0n) is 12.1. The molecule has 3 rings (SSSR count). The van der Waals surface area contributed by atoms with E-state index in [1.165, 1.54) is 0 Å². The molecule has 0 aromatic heterocycles. The van der Waals surface area contributed by atoms with Crippen LogP contribution in [0.15, 0.2) is 30.3 Å². The van der Waals surface area contributed by atoms with Gasteiger partial charge in [-0.15, -0.1) is 0 Å². The molecule has 0 saturated carbocycles. The monoisotopic (exact) mass is 274 g/mol. The molecule has 2 aliphatic heterocycles. The van der Waals surface area contributed by atoms with Crippen LogP contribution in [0.3, 0.4) is 0 Å². The predicted molar refractivity (Wildman–Crippen MR) is 77.0 cm³/mol. The fourth-order valence-corrected chi connectivity index (χ4v) is 3.16. The van der Waals surface area contributed by atoms with Crippen LogP contribution in [0.4, 0.5) is 0 Å². The summed E-state index contributed by atoms with van der Waals surface area (Å²) in [6.07, 6.45) is 1.39. The van der Waals surface area contributed by atoms with E-state index in [-0.39, 0.29) is 24.2 Å². The van der Waals surface area contributed by atoms with E-state index < -0.39 is 0 Å². The first-order chi connectivity index (χ1) is 9.66. The smallest absolute Gasteiger partial charge is 0.245 e. The average molecular weight is 274 g/mol. The number of carbonyl (C=O) groups excluding carboxylic acids is 1. The first kappa shape index (κ1) is 13.6. The third-order valence-corrected chi connectivity index (χ3v) is 4.50. The van der Waals surface area contributed by atoms with Gasteiger partial charge in [0.1, 0.15) is 6.04 Å². The van der Waals surface area contributed by atoms with E-state index in [1.54, 1.807) is 0 Å². The van der Waals surface area contributed by atoms with Gasteiger partial charge in [-0.3, -0.25) is 10.1 Å². The summed E-state index contributed by atoms with van der Waals surface area (Å²) >= 11 is 0. The number of hydrogen-bond donors (Lipinski definition) is 1. The van der Waals surface area contributed by atoms with E-state index >= 15 is 0 Å². The fourth-order valence-electron chi connectivity index (χ4n) is 3.16. The lowest BCUT2D eigenvalue weighted by molar-refractivity contribution is -0.130. The Hall–Kier alpha value is -1.39. The van der Waals surface area contributed by atoms with Crippen LogP contribution in [0, 0.1) is 5.92 Å². The third-order valence-electron chi connectivity index (χ3n) is 4.50. The van der Waals surface area contributed by atoms with Gasteiger partial charge in [-0.05, 0) is 25.8 Å². The summed E-state index contributed by atoms with van der Waals surface area (Å²) in [6, 6.07) is 9.74. The van der Waals surface area contributed by atoms with Crippen LogP contribution in [0.2, 0.25) is 0 Å². The topological polar surface area (TPSA) is 41.6 Å². The standard InChI is InChI=1S/C16H22N2O2/c1-11-14(8-9-20-11)10-18-12(2)17-15(16(18)19)13-6-4-3-5-7-13/h3-7,11-12,14-15,17H,8-10H2,1-2H3. The van der Waals surface area contributed by atoms with Crippen LogP contribution in [0.5, 0.6) is 0 Å². The molecule has 4 nitrogen and oxygen atoms in total. The van der Waals surface area contributed by atoms with E-state index in [0.717, 1.165) is 25.1 Å². The maximum atomic E-state index is 12.6. The first-order valence-corrected chi connectivity index (χ1v) is 7.40. The molecule has 2 heterocycles. The Balaban J connectivity index is 1.72. The van der Waals surface area contributed by atoms with Gasteiger partial charge in [-0.2, -0.15) is 0 Å². The van der Waals surface area contributed by atoms with Crippen LogP contribution in [-0.2, 0) is 9.53 Å². The molecule has 1 aromatic carbocycles. The van der Waals surface area contributed by atoms with E-state index in [1.807, 2.05) is 35.2 Å². The van der Waals surface area contributed by atoms with Crippen molar-refractivity contribution in [1.29, 1.82) is 0 Å². The number of nitrogens with zero attached hydrogens (tertiary/aromatic N) is 1. The lowest BCUT2D eigenvalue weighted by Gasteiger charge is -2.25. The number of hydrogen-bond acceptors (Lipinski definition) is 3. The van der Waals surface area contributed by atoms with E-state index in [2.05, 4.69) is 19.2 Å². The number of carbonyl (C=O) groups is 1. The number of amides is 1. The highest BCUT2D eigenvalue weighted by atomic mass is 16.5. The van der Waals surface area contributed by atoms with Gasteiger partial charge in [0.15, 0.2) is 0 Å². The number of benzene rings is 1. The quantitative estimate of drug-likeness (QED) is 0.915. The van der Waals surface area contributed by atoms with Crippen LogP contribution >= 0.6 is 0 Å². The molecule has 1 aromatic rings. The van der Waals surface area contributed by atoms with Crippen LogP contribution < -0.4 is 5.32 Å². The first-order valence-electron chi connectivity index (χ1n) is 7.40. The van der Waals surface area contributed by atoms with Gasteiger partial charge >= 0.3 is 0 Å². The molecule has 4 heteroatoms. The molecule has 0 aliphatic carbocycles.